The van der Waals surface area contributed by atoms with E-state index in [-0.39, 0.29) is 11.7 Å². The lowest BCUT2D eigenvalue weighted by Gasteiger charge is -2.31. The average Bonchev–Trinajstić information content (AvgIpc) is 3.19. The summed E-state index contributed by atoms with van der Waals surface area (Å²) in [6.07, 6.45) is 5.52. The lowest BCUT2D eigenvalue weighted by molar-refractivity contribution is 0.0796. The Morgan fingerprint density at radius 1 is 1.42 bits per heavy atom. The first-order valence-corrected chi connectivity index (χ1v) is 8.71. The highest BCUT2D eigenvalue weighted by Gasteiger charge is 2.29. The van der Waals surface area contributed by atoms with Crippen molar-refractivity contribution in [3.8, 4) is 0 Å². The summed E-state index contributed by atoms with van der Waals surface area (Å²) < 4.78 is 3.92. The monoisotopic (exact) mass is 328 g/mol. The van der Waals surface area contributed by atoms with Gasteiger partial charge in [-0.05, 0) is 25.5 Å². The summed E-state index contributed by atoms with van der Waals surface area (Å²) >= 11 is 0. The molecule has 0 radical (unpaired) electrons. The summed E-state index contributed by atoms with van der Waals surface area (Å²) in [7, 11) is 1.88. The normalized spacial score (nSPS) is 21.6. The molecule has 1 N–H and O–H groups in total. The maximum atomic E-state index is 12.7. The molecular formula is C17H24N6O. The van der Waals surface area contributed by atoms with Crippen LogP contribution in [0.4, 0.5) is 0 Å². The molecule has 24 heavy (non-hydrogen) atoms. The molecule has 0 aromatic carbocycles. The molecule has 0 amide bonds. The van der Waals surface area contributed by atoms with Gasteiger partial charge in [-0.1, -0.05) is 0 Å². The first-order chi connectivity index (χ1) is 11.7. The number of carbonyl (C=O) groups is 1. The van der Waals surface area contributed by atoms with E-state index < -0.39 is 0 Å². The smallest absolute Gasteiger partial charge is 0.202 e. The Labute approximate surface area is 141 Å². The minimum atomic E-state index is 0.0405. The summed E-state index contributed by atoms with van der Waals surface area (Å²) in [6.45, 7) is 5.47. The lowest BCUT2D eigenvalue weighted by atomic mass is 9.93. The predicted molar refractivity (Wildman–Crippen MR) is 89.5 cm³/mol. The van der Waals surface area contributed by atoms with Crippen LogP contribution in [-0.2, 0) is 26.7 Å². The fourth-order valence-electron chi connectivity index (χ4n) is 3.76. The zero-order chi connectivity index (χ0) is 16.5. The average molecular weight is 328 g/mol. The SMILES string of the molecule is Cn1ccnc1C(=O)C1CCCN(Cc2cc3n(n2)CCNC3)C1. The van der Waals surface area contributed by atoms with Gasteiger partial charge in [-0.15, -0.1) is 0 Å². The Balaban J connectivity index is 1.42. The number of nitrogens with zero attached hydrogens (tertiary/aromatic N) is 5. The molecule has 0 aliphatic carbocycles. The van der Waals surface area contributed by atoms with E-state index in [1.54, 1.807) is 6.20 Å². The van der Waals surface area contributed by atoms with E-state index in [9.17, 15) is 4.79 Å². The number of aromatic nitrogens is 4. The Morgan fingerprint density at radius 2 is 2.33 bits per heavy atom. The van der Waals surface area contributed by atoms with Crippen LogP contribution in [0.25, 0.3) is 0 Å². The van der Waals surface area contributed by atoms with Crippen LogP contribution >= 0.6 is 0 Å². The van der Waals surface area contributed by atoms with Gasteiger partial charge < -0.3 is 9.88 Å². The van der Waals surface area contributed by atoms with Crippen molar-refractivity contribution in [2.45, 2.75) is 32.5 Å². The van der Waals surface area contributed by atoms with Crippen LogP contribution in [0.2, 0.25) is 0 Å². The largest absolute Gasteiger partial charge is 0.332 e. The summed E-state index contributed by atoms with van der Waals surface area (Å²) in [6, 6.07) is 2.19. The Morgan fingerprint density at radius 3 is 3.12 bits per heavy atom. The zero-order valence-electron chi connectivity index (χ0n) is 14.1. The first kappa shape index (κ1) is 15.5. The van der Waals surface area contributed by atoms with Gasteiger partial charge in [0, 0.05) is 51.5 Å². The molecule has 2 aliphatic rings. The van der Waals surface area contributed by atoms with Crippen molar-refractivity contribution in [1.29, 1.82) is 0 Å². The number of hydrogen-bond acceptors (Lipinski definition) is 5. The summed E-state index contributed by atoms with van der Waals surface area (Å²) in [5.41, 5.74) is 2.37. The Kier molecular flexibility index (Phi) is 4.20. The van der Waals surface area contributed by atoms with E-state index >= 15 is 0 Å². The molecular weight excluding hydrogens is 304 g/mol. The van der Waals surface area contributed by atoms with Crippen LogP contribution in [0.5, 0.6) is 0 Å². The summed E-state index contributed by atoms with van der Waals surface area (Å²) in [5.74, 6) is 0.782. The number of fused-ring (bicyclic) bond motifs is 1. The molecule has 4 heterocycles. The zero-order valence-corrected chi connectivity index (χ0v) is 14.1. The molecule has 2 aliphatic heterocycles. The van der Waals surface area contributed by atoms with Crippen LogP contribution in [0.3, 0.4) is 0 Å². The molecule has 1 fully saturated rings. The van der Waals surface area contributed by atoms with Gasteiger partial charge in [0.2, 0.25) is 5.78 Å². The van der Waals surface area contributed by atoms with E-state index in [0.29, 0.717) is 5.82 Å². The number of imidazole rings is 1. The number of ketones is 1. The predicted octanol–water partition coefficient (Wildman–Crippen LogP) is 0.815. The highest BCUT2D eigenvalue weighted by Crippen LogP contribution is 2.22. The van der Waals surface area contributed by atoms with Gasteiger partial charge in [-0.2, -0.15) is 5.10 Å². The van der Waals surface area contributed by atoms with Crippen molar-refractivity contribution in [3.63, 3.8) is 0 Å². The molecule has 2 aromatic rings. The second-order valence-corrected chi connectivity index (χ2v) is 6.83. The number of hydrogen-bond donors (Lipinski definition) is 1. The lowest BCUT2D eigenvalue weighted by Crippen LogP contribution is -2.39. The quantitative estimate of drug-likeness (QED) is 0.842. The standard InChI is InChI=1S/C17H24N6O/c1-21-7-5-19-17(21)16(24)13-3-2-6-22(11-13)12-14-9-15-10-18-4-8-23(15)20-14/h5,7,9,13,18H,2-4,6,8,10-12H2,1H3. The maximum Gasteiger partial charge on any atom is 0.202 e. The first-order valence-electron chi connectivity index (χ1n) is 8.71. The molecule has 1 saturated heterocycles. The number of likely N-dealkylation sites (tertiary alicyclic amines) is 1. The highest BCUT2D eigenvalue weighted by atomic mass is 16.1. The highest BCUT2D eigenvalue weighted by molar-refractivity contribution is 5.94. The van der Waals surface area contributed by atoms with E-state index in [1.807, 2.05) is 17.8 Å². The van der Waals surface area contributed by atoms with Crippen molar-refractivity contribution in [3.05, 3.63) is 35.7 Å². The van der Waals surface area contributed by atoms with E-state index in [0.717, 1.165) is 57.8 Å². The number of nitrogens with one attached hydrogen (secondary N) is 1. The van der Waals surface area contributed by atoms with Gasteiger partial charge in [0.25, 0.3) is 0 Å². The second-order valence-electron chi connectivity index (χ2n) is 6.83. The molecule has 128 valence electrons. The number of aryl methyl sites for hydroxylation is 1. The van der Waals surface area contributed by atoms with E-state index in [2.05, 4.69) is 25.9 Å². The van der Waals surface area contributed by atoms with Gasteiger partial charge >= 0.3 is 0 Å². The minimum absolute atomic E-state index is 0.0405. The van der Waals surface area contributed by atoms with Crippen molar-refractivity contribution >= 4 is 5.78 Å². The van der Waals surface area contributed by atoms with Gasteiger partial charge in [-0.25, -0.2) is 4.98 Å². The fourth-order valence-corrected chi connectivity index (χ4v) is 3.76. The van der Waals surface area contributed by atoms with Crippen molar-refractivity contribution in [2.75, 3.05) is 19.6 Å². The third-order valence-electron chi connectivity index (χ3n) is 5.02. The number of Topliss-reactive ketones (excluding diaryl/α,β-unsaturated/α-hetero) is 1. The van der Waals surface area contributed by atoms with Gasteiger partial charge in [-0.3, -0.25) is 14.4 Å². The van der Waals surface area contributed by atoms with Crippen molar-refractivity contribution in [2.24, 2.45) is 13.0 Å². The summed E-state index contributed by atoms with van der Waals surface area (Å²) in [5, 5.41) is 8.08. The molecule has 7 heteroatoms. The van der Waals surface area contributed by atoms with E-state index in [1.165, 1.54) is 5.69 Å². The molecule has 4 rings (SSSR count). The van der Waals surface area contributed by atoms with Crippen LogP contribution in [0, 0.1) is 5.92 Å². The van der Waals surface area contributed by atoms with E-state index in [4.69, 9.17) is 5.10 Å². The number of piperidine rings is 1. The third kappa shape index (κ3) is 3.01. The molecule has 2 aromatic heterocycles. The molecule has 1 atom stereocenters. The maximum absolute atomic E-state index is 12.7. The Bertz CT molecular complexity index is 710. The van der Waals surface area contributed by atoms with Crippen molar-refractivity contribution < 1.29 is 4.79 Å². The number of carbonyl (C=O) groups excluding carboxylic acids is 1. The molecule has 7 nitrogen and oxygen atoms in total. The van der Waals surface area contributed by atoms with Crippen molar-refractivity contribution in [1.82, 2.24) is 29.5 Å². The Hall–Kier alpha value is -1.99. The molecule has 0 spiro atoms. The van der Waals surface area contributed by atoms with Gasteiger partial charge in [0.1, 0.15) is 0 Å². The topological polar surface area (TPSA) is 68.0 Å². The molecule has 0 saturated carbocycles. The van der Waals surface area contributed by atoms with Gasteiger partial charge in [0.15, 0.2) is 5.82 Å². The third-order valence-corrected chi connectivity index (χ3v) is 5.02. The number of rotatable bonds is 4. The second kappa shape index (κ2) is 6.49. The van der Waals surface area contributed by atoms with Gasteiger partial charge in [0.05, 0.1) is 17.9 Å². The molecule has 0 bridgehead atoms. The minimum Gasteiger partial charge on any atom is -0.332 e. The fraction of sp³-hybridized carbons (Fsp3) is 0.588. The van der Waals surface area contributed by atoms with Crippen LogP contribution < -0.4 is 5.32 Å². The van der Waals surface area contributed by atoms with Crippen LogP contribution in [-0.4, -0.2) is 49.6 Å². The molecule has 1 unspecified atom stereocenters. The summed E-state index contributed by atoms with van der Waals surface area (Å²) in [4.78, 5) is 19.3. The van der Waals surface area contributed by atoms with Crippen LogP contribution in [0.1, 0.15) is 34.8 Å². The van der Waals surface area contributed by atoms with Crippen LogP contribution in [0.15, 0.2) is 18.5 Å².